The molecule has 0 aromatic heterocycles. The average Bonchev–Trinajstić information content (AvgIpc) is 3.50. The molecule has 3 N–H and O–H groups in total. The molecule has 2 atom stereocenters. The van der Waals surface area contributed by atoms with Crippen molar-refractivity contribution < 1.29 is 19.1 Å². The van der Waals surface area contributed by atoms with Crippen LogP contribution < -0.4 is 5.73 Å². The van der Waals surface area contributed by atoms with Gasteiger partial charge in [-0.1, -0.05) is 39.8 Å². The van der Waals surface area contributed by atoms with Gasteiger partial charge in [-0.2, -0.15) is 0 Å². The Morgan fingerprint density at radius 3 is 2.71 bits per heavy atom. The summed E-state index contributed by atoms with van der Waals surface area (Å²) in [6.07, 6.45) is 3.66. The summed E-state index contributed by atoms with van der Waals surface area (Å²) in [6.45, 7) is 1.54. The summed E-state index contributed by atoms with van der Waals surface area (Å²) in [7, 11) is 3.26. The molecule has 2 unspecified atom stereocenters. The number of hydrogen-bond acceptors (Lipinski definition) is 6. The van der Waals surface area contributed by atoms with Gasteiger partial charge in [0.2, 0.25) is 0 Å². The van der Waals surface area contributed by atoms with E-state index in [-0.39, 0.29) is 22.8 Å². The zero-order valence-electron chi connectivity index (χ0n) is 15.6. The first-order valence-corrected chi connectivity index (χ1v) is 11.8. The lowest BCUT2D eigenvalue weighted by molar-refractivity contribution is -0.131. The summed E-state index contributed by atoms with van der Waals surface area (Å²) in [6, 6.07) is 5.74. The van der Waals surface area contributed by atoms with E-state index in [0.29, 0.717) is 31.6 Å². The highest BCUT2D eigenvalue weighted by molar-refractivity contribution is 8.77. The van der Waals surface area contributed by atoms with E-state index in [9.17, 15) is 19.1 Å². The maximum Gasteiger partial charge on any atom is 0.328 e. The highest BCUT2D eigenvalue weighted by Crippen LogP contribution is 2.41. The number of ketones is 1. The first kappa shape index (κ1) is 21.4. The number of piperidine rings is 1. The van der Waals surface area contributed by atoms with E-state index in [1.165, 1.54) is 12.1 Å². The minimum atomic E-state index is -0.998. The lowest BCUT2D eigenvalue weighted by Crippen LogP contribution is -2.43. The Morgan fingerprint density at radius 1 is 1.32 bits per heavy atom. The number of likely N-dealkylation sites (tertiary alicyclic amines) is 1. The number of carbonyl (C=O) groups is 2. The molecule has 1 saturated carbocycles. The summed E-state index contributed by atoms with van der Waals surface area (Å²) in [5.41, 5.74) is 6.69. The number of Topliss-reactive ketones (excluding diaryl/α,β-unsaturated/α-hetero) is 1. The van der Waals surface area contributed by atoms with Gasteiger partial charge in [-0.05, 0) is 30.9 Å². The molecule has 28 heavy (non-hydrogen) atoms. The minimum Gasteiger partial charge on any atom is -0.478 e. The van der Waals surface area contributed by atoms with Gasteiger partial charge in [0.15, 0.2) is 5.78 Å². The van der Waals surface area contributed by atoms with Gasteiger partial charge < -0.3 is 10.8 Å². The van der Waals surface area contributed by atoms with E-state index in [0.717, 1.165) is 24.2 Å². The summed E-state index contributed by atoms with van der Waals surface area (Å²) in [5, 5.41) is 9.35. The van der Waals surface area contributed by atoms with Crippen LogP contribution in [0, 0.1) is 11.7 Å². The topological polar surface area (TPSA) is 83.6 Å². The molecule has 3 rings (SSSR count). The third-order valence-corrected chi connectivity index (χ3v) is 7.90. The second-order valence-electron chi connectivity index (χ2n) is 7.11. The molecule has 0 amide bonds. The quantitative estimate of drug-likeness (QED) is 0.358. The van der Waals surface area contributed by atoms with E-state index in [1.807, 2.05) is 4.90 Å². The van der Waals surface area contributed by atoms with Crippen molar-refractivity contribution in [3.8, 4) is 0 Å². The van der Waals surface area contributed by atoms with Gasteiger partial charge in [-0.25, -0.2) is 9.18 Å². The monoisotopic (exact) mass is 424 g/mol. The van der Waals surface area contributed by atoms with Crippen LogP contribution in [0.3, 0.4) is 0 Å². The molecule has 1 aromatic carbocycles. The molecule has 5 nitrogen and oxygen atoms in total. The largest absolute Gasteiger partial charge is 0.478 e. The summed E-state index contributed by atoms with van der Waals surface area (Å²) in [5.74, 6) is -0.557. The number of benzene rings is 1. The van der Waals surface area contributed by atoms with E-state index < -0.39 is 12.0 Å². The second kappa shape index (κ2) is 9.91. The molecule has 2 aliphatic rings. The summed E-state index contributed by atoms with van der Waals surface area (Å²) >= 11 is 0. The Kier molecular flexibility index (Phi) is 7.56. The van der Waals surface area contributed by atoms with Crippen molar-refractivity contribution in [2.45, 2.75) is 30.6 Å². The number of halogens is 1. The standard InChI is InChI=1S/C20H25FN2O3S2/c21-16-4-2-1-3-15(16)19(20(26)13-5-6-13)23-9-7-17(28-27-10-8-22)14(12-23)11-18(24)25/h1-4,11,13,17,19H,5-10,12,22H2,(H,24,25)/b14-11-. The molecule has 1 saturated heterocycles. The smallest absolute Gasteiger partial charge is 0.328 e. The molecule has 2 fully saturated rings. The molecule has 152 valence electrons. The molecular weight excluding hydrogens is 399 g/mol. The highest BCUT2D eigenvalue weighted by atomic mass is 33.1. The highest BCUT2D eigenvalue weighted by Gasteiger charge is 2.41. The van der Waals surface area contributed by atoms with E-state index in [2.05, 4.69) is 0 Å². The number of rotatable bonds is 9. The molecule has 0 radical (unpaired) electrons. The number of carbonyl (C=O) groups excluding carboxylic acids is 1. The van der Waals surface area contributed by atoms with Gasteiger partial charge in [0, 0.05) is 48.2 Å². The van der Waals surface area contributed by atoms with Gasteiger partial charge in [-0.3, -0.25) is 9.69 Å². The van der Waals surface area contributed by atoms with Crippen LogP contribution in [0.1, 0.15) is 30.9 Å². The molecule has 1 aliphatic heterocycles. The molecular formula is C20H25FN2O3S2. The molecule has 8 heteroatoms. The first-order valence-electron chi connectivity index (χ1n) is 9.45. The first-order chi connectivity index (χ1) is 13.5. The molecule has 1 heterocycles. The Bertz CT molecular complexity index is 755. The molecule has 1 aromatic rings. The van der Waals surface area contributed by atoms with Crippen molar-refractivity contribution in [1.29, 1.82) is 0 Å². The molecule has 0 bridgehead atoms. The summed E-state index contributed by atoms with van der Waals surface area (Å²) < 4.78 is 14.5. The van der Waals surface area contributed by atoms with Crippen LogP contribution in [0.15, 0.2) is 35.9 Å². The Labute approximate surface area is 172 Å². The fraction of sp³-hybridized carbons (Fsp3) is 0.500. The maximum absolute atomic E-state index is 14.5. The minimum absolute atomic E-state index is 0.0104. The number of hydrogen-bond donors (Lipinski definition) is 2. The zero-order chi connectivity index (χ0) is 20.1. The van der Waals surface area contributed by atoms with E-state index in [4.69, 9.17) is 5.73 Å². The lowest BCUT2D eigenvalue weighted by atomic mass is 9.93. The van der Waals surface area contributed by atoms with Gasteiger partial charge in [0.1, 0.15) is 5.82 Å². The lowest BCUT2D eigenvalue weighted by Gasteiger charge is -2.38. The zero-order valence-corrected chi connectivity index (χ0v) is 17.2. The van der Waals surface area contributed by atoms with Crippen LogP contribution >= 0.6 is 21.6 Å². The Balaban J connectivity index is 1.84. The van der Waals surface area contributed by atoms with Crippen molar-refractivity contribution >= 4 is 33.3 Å². The summed E-state index contributed by atoms with van der Waals surface area (Å²) in [4.78, 5) is 26.3. The predicted molar refractivity (Wildman–Crippen MR) is 112 cm³/mol. The number of nitrogens with zero attached hydrogens (tertiary/aromatic N) is 1. The third-order valence-electron chi connectivity index (χ3n) is 4.99. The average molecular weight is 425 g/mol. The maximum atomic E-state index is 14.5. The van der Waals surface area contributed by atoms with Crippen molar-refractivity contribution in [2.75, 3.05) is 25.4 Å². The van der Waals surface area contributed by atoms with Crippen LogP contribution in [-0.2, 0) is 9.59 Å². The van der Waals surface area contributed by atoms with Crippen LogP contribution in [0.25, 0.3) is 0 Å². The number of carboxylic acids is 1. The van der Waals surface area contributed by atoms with Crippen molar-refractivity contribution in [3.63, 3.8) is 0 Å². The number of nitrogens with two attached hydrogens (primary N) is 1. The van der Waals surface area contributed by atoms with Crippen LogP contribution in [0.4, 0.5) is 4.39 Å². The van der Waals surface area contributed by atoms with Crippen LogP contribution in [-0.4, -0.2) is 52.4 Å². The van der Waals surface area contributed by atoms with E-state index in [1.54, 1.807) is 39.8 Å². The predicted octanol–water partition coefficient (Wildman–Crippen LogP) is 3.27. The van der Waals surface area contributed by atoms with Crippen molar-refractivity contribution in [2.24, 2.45) is 11.7 Å². The normalized spacial score (nSPS) is 22.9. The Hall–Kier alpha value is -1.35. The fourth-order valence-electron chi connectivity index (χ4n) is 3.51. The van der Waals surface area contributed by atoms with Crippen molar-refractivity contribution in [3.05, 3.63) is 47.3 Å². The molecule has 1 aliphatic carbocycles. The number of aliphatic carboxylic acids is 1. The van der Waals surface area contributed by atoms with Gasteiger partial charge in [0.25, 0.3) is 0 Å². The fourth-order valence-corrected chi connectivity index (χ4v) is 6.06. The van der Waals surface area contributed by atoms with Gasteiger partial charge >= 0.3 is 5.97 Å². The number of carboxylic acid groups (broad SMARTS) is 1. The second-order valence-corrected chi connectivity index (χ2v) is 9.80. The van der Waals surface area contributed by atoms with Crippen molar-refractivity contribution in [1.82, 2.24) is 4.90 Å². The van der Waals surface area contributed by atoms with Gasteiger partial charge in [0.05, 0.1) is 6.04 Å². The van der Waals surface area contributed by atoms with Crippen LogP contribution in [0.5, 0.6) is 0 Å². The van der Waals surface area contributed by atoms with Gasteiger partial charge in [-0.15, -0.1) is 0 Å². The van der Waals surface area contributed by atoms with E-state index >= 15 is 0 Å². The molecule has 0 spiro atoms. The SMILES string of the molecule is NCCSSC1CCN(C(C(=O)C2CC2)c2ccccc2F)C/C1=C/C(=O)O. The Morgan fingerprint density at radius 2 is 2.07 bits per heavy atom. The van der Waals surface area contributed by atoms with Crippen LogP contribution in [0.2, 0.25) is 0 Å². The third kappa shape index (κ3) is 5.37.